The molecule has 1 fully saturated rings. The van der Waals surface area contributed by atoms with Crippen molar-refractivity contribution in [3.63, 3.8) is 0 Å². The Morgan fingerprint density at radius 3 is 2.38 bits per heavy atom. The summed E-state index contributed by atoms with van der Waals surface area (Å²) in [5.74, 6) is -2.06. The minimum Gasteiger partial charge on any atom is -0.340 e. The first kappa shape index (κ1) is 20.9. The summed E-state index contributed by atoms with van der Waals surface area (Å²) in [6.45, 7) is 0.702. The van der Waals surface area contributed by atoms with Crippen LogP contribution in [0.1, 0.15) is 17.5 Å². The van der Waals surface area contributed by atoms with Crippen molar-refractivity contribution in [2.45, 2.75) is 17.7 Å². The van der Waals surface area contributed by atoms with Gasteiger partial charge in [-0.25, -0.2) is 17.2 Å². The van der Waals surface area contributed by atoms with Crippen molar-refractivity contribution >= 4 is 15.9 Å². The maximum absolute atomic E-state index is 13.3. The van der Waals surface area contributed by atoms with Crippen LogP contribution in [0.25, 0.3) is 0 Å². The minimum atomic E-state index is -3.82. The normalized spacial score (nSPS) is 15.1. The highest BCUT2D eigenvalue weighted by Gasteiger charge is 2.31. The monoisotopic (exact) mass is 419 g/mol. The van der Waals surface area contributed by atoms with Gasteiger partial charge in [-0.05, 0) is 36.2 Å². The number of halogens is 2. The van der Waals surface area contributed by atoms with E-state index in [1.54, 1.807) is 17.0 Å². The fourth-order valence-electron chi connectivity index (χ4n) is 3.21. The fraction of sp³-hybridized carbons (Fsp3) is 0.300. The van der Waals surface area contributed by atoms with E-state index in [4.69, 9.17) is 5.26 Å². The second-order valence-corrected chi connectivity index (χ2v) is 8.55. The van der Waals surface area contributed by atoms with E-state index in [1.807, 2.05) is 6.07 Å². The van der Waals surface area contributed by atoms with E-state index in [-0.39, 0.29) is 55.4 Å². The molecule has 3 rings (SSSR count). The van der Waals surface area contributed by atoms with Crippen molar-refractivity contribution in [3.05, 3.63) is 65.2 Å². The first-order valence-corrected chi connectivity index (χ1v) is 10.5. The van der Waals surface area contributed by atoms with Gasteiger partial charge in [-0.15, -0.1) is 0 Å². The van der Waals surface area contributed by atoms with E-state index in [9.17, 15) is 22.0 Å². The van der Waals surface area contributed by atoms with Gasteiger partial charge in [0.25, 0.3) is 0 Å². The lowest BCUT2D eigenvalue weighted by Crippen LogP contribution is -2.50. The number of hydrogen-bond donors (Lipinski definition) is 0. The Kier molecular flexibility index (Phi) is 6.25. The van der Waals surface area contributed by atoms with Crippen molar-refractivity contribution in [2.24, 2.45) is 0 Å². The summed E-state index contributed by atoms with van der Waals surface area (Å²) >= 11 is 0. The molecule has 0 spiro atoms. The summed E-state index contributed by atoms with van der Waals surface area (Å²) in [6.07, 6.45) is 0.388. The van der Waals surface area contributed by atoms with Crippen molar-refractivity contribution in [1.29, 1.82) is 5.26 Å². The molecule has 152 valence electrons. The summed E-state index contributed by atoms with van der Waals surface area (Å²) in [5, 5.41) is 9.15. The minimum absolute atomic E-state index is 0.0411. The summed E-state index contributed by atoms with van der Waals surface area (Å²) in [4.78, 5) is 13.9. The Morgan fingerprint density at radius 1 is 1.03 bits per heavy atom. The Balaban J connectivity index is 1.59. The standard InChI is InChI=1S/C20H19F2N3O3S/c21-17-7-5-15(13-18(17)22)6-8-20(26)24-9-11-25(12-10-24)29(27,28)19-4-2-1-3-16(19)14-23/h1-5,7,13H,6,8-12H2. The van der Waals surface area contributed by atoms with Gasteiger partial charge in [0.1, 0.15) is 6.07 Å². The topological polar surface area (TPSA) is 81.5 Å². The third-order valence-corrected chi connectivity index (χ3v) is 6.79. The lowest BCUT2D eigenvalue weighted by atomic mass is 10.1. The van der Waals surface area contributed by atoms with Crippen LogP contribution in [0, 0.1) is 23.0 Å². The molecular weight excluding hydrogens is 400 g/mol. The predicted molar refractivity (Wildman–Crippen MR) is 101 cm³/mol. The molecule has 0 saturated carbocycles. The Labute approximate surface area is 168 Å². The zero-order valence-electron chi connectivity index (χ0n) is 15.5. The lowest BCUT2D eigenvalue weighted by molar-refractivity contribution is -0.132. The molecule has 0 radical (unpaired) electrons. The van der Waals surface area contributed by atoms with Crippen LogP contribution in [0.3, 0.4) is 0 Å². The van der Waals surface area contributed by atoms with Crippen LogP contribution in [0.2, 0.25) is 0 Å². The third kappa shape index (κ3) is 4.60. The molecule has 0 unspecified atom stereocenters. The molecule has 1 aliphatic rings. The quantitative estimate of drug-likeness (QED) is 0.745. The number of nitrogens with zero attached hydrogens (tertiary/aromatic N) is 3. The Hall–Kier alpha value is -2.83. The predicted octanol–water partition coefficient (Wildman–Crippen LogP) is 2.30. The largest absolute Gasteiger partial charge is 0.340 e. The molecule has 0 bridgehead atoms. The van der Waals surface area contributed by atoms with Gasteiger partial charge >= 0.3 is 0 Å². The fourth-order valence-corrected chi connectivity index (χ4v) is 4.77. The van der Waals surface area contributed by atoms with Crippen molar-refractivity contribution in [1.82, 2.24) is 9.21 Å². The van der Waals surface area contributed by atoms with Crippen LogP contribution in [-0.4, -0.2) is 49.7 Å². The molecule has 29 heavy (non-hydrogen) atoms. The number of piperazine rings is 1. The molecular formula is C20H19F2N3O3S. The van der Waals surface area contributed by atoms with Crippen LogP contribution in [0.4, 0.5) is 8.78 Å². The van der Waals surface area contributed by atoms with Gasteiger partial charge in [0, 0.05) is 32.6 Å². The highest BCUT2D eigenvalue weighted by atomic mass is 32.2. The summed E-state index contributed by atoms with van der Waals surface area (Å²) in [6, 6.07) is 11.4. The molecule has 1 amide bonds. The smallest absolute Gasteiger partial charge is 0.244 e. The number of benzene rings is 2. The average molecular weight is 419 g/mol. The van der Waals surface area contributed by atoms with Crippen molar-refractivity contribution in [2.75, 3.05) is 26.2 Å². The van der Waals surface area contributed by atoms with Crippen LogP contribution in [0.5, 0.6) is 0 Å². The van der Waals surface area contributed by atoms with Crippen LogP contribution < -0.4 is 0 Å². The van der Waals surface area contributed by atoms with E-state index in [0.717, 1.165) is 12.1 Å². The summed E-state index contributed by atoms with van der Waals surface area (Å²) in [5.41, 5.74) is 0.601. The van der Waals surface area contributed by atoms with Gasteiger partial charge in [0.15, 0.2) is 11.6 Å². The Morgan fingerprint density at radius 2 is 1.72 bits per heavy atom. The second kappa shape index (κ2) is 8.68. The number of sulfonamides is 1. The number of nitriles is 1. The zero-order chi connectivity index (χ0) is 21.0. The highest BCUT2D eigenvalue weighted by Crippen LogP contribution is 2.21. The summed E-state index contributed by atoms with van der Waals surface area (Å²) < 4.78 is 53.1. The van der Waals surface area contributed by atoms with E-state index < -0.39 is 21.7 Å². The highest BCUT2D eigenvalue weighted by molar-refractivity contribution is 7.89. The number of rotatable bonds is 5. The molecule has 6 nitrogen and oxygen atoms in total. The second-order valence-electron chi connectivity index (χ2n) is 6.64. The number of aryl methyl sites for hydroxylation is 1. The molecule has 1 heterocycles. The molecule has 2 aromatic carbocycles. The van der Waals surface area contributed by atoms with E-state index in [2.05, 4.69) is 0 Å². The number of amides is 1. The van der Waals surface area contributed by atoms with Gasteiger partial charge in [-0.1, -0.05) is 18.2 Å². The zero-order valence-corrected chi connectivity index (χ0v) is 16.3. The first-order valence-electron chi connectivity index (χ1n) is 9.04. The third-order valence-electron chi connectivity index (χ3n) is 4.83. The maximum atomic E-state index is 13.3. The van der Waals surface area contributed by atoms with Gasteiger partial charge in [-0.2, -0.15) is 9.57 Å². The summed E-state index contributed by atoms with van der Waals surface area (Å²) in [7, 11) is -3.82. The van der Waals surface area contributed by atoms with Crippen molar-refractivity contribution in [3.8, 4) is 6.07 Å². The molecule has 0 aromatic heterocycles. The molecule has 1 saturated heterocycles. The van der Waals surface area contributed by atoms with Crippen LogP contribution >= 0.6 is 0 Å². The molecule has 0 atom stereocenters. The number of carbonyl (C=O) groups excluding carboxylic acids is 1. The molecule has 9 heteroatoms. The SMILES string of the molecule is N#Cc1ccccc1S(=O)(=O)N1CCN(C(=O)CCc2ccc(F)c(F)c2)CC1. The lowest BCUT2D eigenvalue weighted by Gasteiger charge is -2.34. The average Bonchev–Trinajstić information content (AvgIpc) is 2.74. The van der Waals surface area contributed by atoms with E-state index >= 15 is 0 Å². The number of hydrogen-bond acceptors (Lipinski definition) is 4. The maximum Gasteiger partial charge on any atom is 0.244 e. The molecule has 1 aliphatic heterocycles. The van der Waals surface area contributed by atoms with Gasteiger partial charge in [-0.3, -0.25) is 4.79 Å². The molecule has 2 aromatic rings. The van der Waals surface area contributed by atoms with Gasteiger partial charge in [0.2, 0.25) is 15.9 Å². The van der Waals surface area contributed by atoms with Crippen molar-refractivity contribution < 1.29 is 22.0 Å². The first-order chi connectivity index (χ1) is 13.8. The molecule has 0 N–H and O–H groups in total. The van der Waals surface area contributed by atoms with Gasteiger partial charge in [0.05, 0.1) is 10.5 Å². The Bertz CT molecular complexity index is 1060. The van der Waals surface area contributed by atoms with E-state index in [1.165, 1.54) is 22.5 Å². The van der Waals surface area contributed by atoms with Crippen LogP contribution in [0.15, 0.2) is 47.4 Å². The van der Waals surface area contributed by atoms with Gasteiger partial charge < -0.3 is 4.90 Å². The number of carbonyl (C=O) groups is 1. The van der Waals surface area contributed by atoms with E-state index in [0.29, 0.717) is 5.56 Å². The molecule has 0 aliphatic carbocycles. The van der Waals surface area contributed by atoms with Crippen LogP contribution in [-0.2, 0) is 21.2 Å².